The molecule has 8 nitrogen and oxygen atoms in total. The van der Waals surface area contributed by atoms with Gasteiger partial charge < -0.3 is 39.4 Å². The summed E-state index contributed by atoms with van der Waals surface area (Å²) in [6.07, 6.45) is -0.871. The molecule has 0 aromatic heterocycles. The van der Waals surface area contributed by atoms with Crippen LogP contribution in [0, 0.1) is 0 Å². The van der Waals surface area contributed by atoms with Gasteiger partial charge in [-0.25, -0.2) is 4.39 Å². The quantitative estimate of drug-likeness (QED) is 0.303. The van der Waals surface area contributed by atoms with Crippen LogP contribution in [-0.4, -0.2) is 106 Å². The Morgan fingerprint density at radius 1 is 0.800 bits per heavy atom. The second kappa shape index (κ2) is 28.3. The summed E-state index contributed by atoms with van der Waals surface area (Å²) in [6, 6.07) is 0. The molecule has 0 aliphatic rings. The molecular formula is C15H34F2O8. The largest absolute Gasteiger partial charge is 0.394 e. The average Bonchev–Trinajstić information content (AvgIpc) is 2.62. The molecule has 0 amide bonds. The van der Waals surface area contributed by atoms with Crippen LogP contribution < -0.4 is 0 Å². The lowest BCUT2D eigenvalue weighted by Gasteiger charge is -2.08. The number of methoxy groups -OCH3 is 1. The number of alkyl halides is 2. The van der Waals surface area contributed by atoms with E-state index >= 15 is 0 Å². The molecule has 0 aliphatic carbocycles. The third kappa shape index (κ3) is 35.5. The molecule has 2 unspecified atom stereocenters. The zero-order valence-electron chi connectivity index (χ0n) is 15.1. The number of aliphatic hydroxyl groups is 4. The molecule has 10 heteroatoms. The fraction of sp³-hybridized carbons (Fsp3) is 1.00. The molecule has 0 heterocycles. The van der Waals surface area contributed by atoms with Gasteiger partial charge in [0.1, 0.15) is 12.2 Å². The fourth-order valence-corrected chi connectivity index (χ4v) is 1.03. The van der Waals surface area contributed by atoms with Gasteiger partial charge in [0, 0.05) is 20.3 Å². The van der Waals surface area contributed by atoms with Crippen LogP contribution >= 0.6 is 0 Å². The average molecular weight is 380 g/mol. The van der Waals surface area contributed by atoms with Crippen LogP contribution in [-0.2, 0) is 18.9 Å². The van der Waals surface area contributed by atoms with Crippen LogP contribution in [0.1, 0.15) is 13.3 Å². The molecule has 25 heavy (non-hydrogen) atoms. The van der Waals surface area contributed by atoms with E-state index in [1.807, 2.05) is 0 Å². The number of hydrogen-bond acceptors (Lipinski definition) is 8. The summed E-state index contributed by atoms with van der Waals surface area (Å²) in [5, 5.41) is 33.9. The lowest BCUT2D eigenvalue weighted by atomic mass is 10.4. The maximum Gasteiger partial charge on any atom is 0.188 e. The van der Waals surface area contributed by atoms with Gasteiger partial charge in [-0.2, -0.15) is 0 Å². The Hall–Kier alpha value is -0.460. The van der Waals surface area contributed by atoms with E-state index in [0.29, 0.717) is 26.4 Å². The van der Waals surface area contributed by atoms with Crippen molar-refractivity contribution in [2.75, 3.05) is 73.5 Å². The second-order valence-corrected chi connectivity index (χ2v) is 4.45. The van der Waals surface area contributed by atoms with E-state index < -0.39 is 19.1 Å². The molecule has 0 spiro atoms. The molecule has 2 atom stereocenters. The van der Waals surface area contributed by atoms with E-state index in [-0.39, 0.29) is 33.1 Å². The SMILES string of the molecule is CCF.COCCCOCCOCC(O)CO.OCC(O)COCF. The first-order chi connectivity index (χ1) is 12.0. The van der Waals surface area contributed by atoms with Crippen LogP contribution in [0.3, 0.4) is 0 Å². The number of rotatable bonds is 14. The summed E-state index contributed by atoms with van der Waals surface area (Å²) >= 11 is 0. The first-order valence-electron chi connectivity index (χ1n) is 7.95. The van der Waals surface area contributed by atoms with Crippen LogP contribution in [0.2, 0.25) is 0 Å². The monoisotopic (exact) mass is 380 g/mol. The minimum atomic E-state index is -0.953. The van der Waals surface area contributed by atoms with Crippen molar-refractivity contribution in [1.82, 2.24) is 0 Å². The summed E-state index contributed by atoms with van der Waals surface area (Å²) in [7, 11) is 1.65. The van der Waals surface area contributed by atoms with Gasteiger partial charge in [0.15, 0.2) is 6.86 Å². The predicted molar refractivity (Wildman–Crippen MR) is 87.9 cm³/mol. The Morgan fingerprint density at radius 3 is 1.72 bits per heavy atom. The van der Waals surface area contributed by atoms with Gasteiger partial charge in [0.25, 0.3) is 0 Å². The fourth-order valence-electron chi connectivity index (χ4n) is 1.03. The molecule has 0 bridgehead atoms. The lowest BCUT2D eigenvalue weighted by molar-refractivity contribution is -0.0230. The normalized spacial score (nSPS) is 12.5. The van der Waals surface area contributed by atoms with Gasteiger partial charge in [-0.15, -0.1) is 0 Å². The summed E-state index contributed by atoms with van der Waals surface area (Å²) in [4.78, 5) is 0. The summed E-state index contributed by atoms with van der Waals surface area (Å²) in [5.74, 6) is 0. The first kappa shape index (κ1) is 29.3. The highest BCUT2D eigenvalue weighted by molar-refractivity contribution is 4.48. The zero-order chi connectivity index (χ0) is 19.8. The highest BCUT2D eigenvalue weighted by atomic mass is 19.1. The van der Waals surface area contributed by atoms with Gasteiger partial charge in [-0.05, 0) is 13.3 Å². The van der Waals surface area contributed by atoms with Gasteiger partial charge in [0.2, 0.25) is 0 Å². The van der Waals surface area contributed by atoms with Gasteiger partial charge >= 0.3 is 0 Å². The first-order valence-corrected chi connectivity index (χ1v) is 7.95. The zero-order valence-corrected chi connectivity index (χ0v) is 15.1. The maximum absolute atomic E-state index is 11.1. The van der Waals surface area contributed by atoms with E-state index in [1.54, 1.807) is 7.11 Å². The maximum atomic E-state index is 11.1. The van der Waals surface area contributed by atoms with E-state index in [4.69, 9.17) is 34.6 Å². The molecule has 0 rings (SSSR count). The number of halogens is 2. The molecule has 0 saturated heterocycles. The van der Waals surface area contributed by atoms with Crippen molar-refractivity contribution in [3.05, 3.63) is 0 Å². The van der Waals surface area contributed by atoms with E-state index in [9.17, 15) is 8.78 Å². The highest BCUT2D eigenvalue weighted by Gasteiger charge is 2.00. The molecule has 0 fully saturated rings. The summed E-state index contributed by atoms with van der Waals surface area (Å²) in [5.41, 5.74) is 0. The minimum Gasteiger partial charge on any atom is -0.394 e. The molecule has 0 aliphatic heterocycles. The van der Waals surface area contributed by atoms with Gasteiger partial charge in [-0.1, -0.05) is 0 Å². The van der Waals surface area contributed by atoms with Crippen LogP contribution in [0.15, 0.2) is 0 Å². The molecule has 0 saturated carbocycles. The number of aliphatic hydroxyl groups excluding tert-OH is 4. The third-order valence-electron chi connectivity index (χ3n) is 2.13. The smallest absolute Gasteiger partial charge is 0.188 e. The standard InChI is InChI=1S/C9H20O5.C4H9FO3.C2H5F/c1-12-3-2-4-13-5-6-14-8-9(11)7-10;5-3-8-2-4(7)1-6;1-2-3/h9-11H,2-8H2,1H3;4,6-7H,1-3H2;2H2,1H3. The van der Waals surface area contributed by atoms with Crippen molar-refractivity contribution in [3.63, 3.8) is 0 Å². The Balaban J connectivity index is -0.000000371. The van der Waals surface area contributed by atoms with Crippen molar-refractivity contribution >= 4 is 0 Å². The summed E-state index contributed by atoms with van der Waals surface area (Å²) < 4.78 is 40.5. The molecule has 0 aromatic rings. The van der Waals surface area contributed by atoms with E-state index in [2.05, 4.69) is 4.74 Å². The molecule has 156 valence electrons. The highest BCUT2D eigenvalue weighted by Crippen LogP contribution is 1.87. The molecule has 0 radical (unpaired) electrons. The predicted octanol–water partition coefficient (Wildman–Crippen LogP) is -0.332. The van der Waals surface area contributed by atoms with Crippen LogP contribution in [0.4, 0.5) is 8.78 Å². The number of ether oxygens (including phenoxy) is 4. The number of hydrogen-bond donors (Lipinski definition) is 4. The molecule has 4 N–H and O–H groups in total. The minimum absolute atomic E-state index is 0.146. The second-order valence-electron chi connectivity index (χ2n) is 4.45. The van der Waals surface area contributed by atoms with Crippen molar-refractivity contribution in [2.45, 2.75) is 25.6 Å². The van der Waals surface area contributed by atoms with Crippen LogP contribution in [0.5, 0.6) is 0 Å². The van der Waals surface area contributed by atoms with Gasteiger partial charge in [0.05, 0.1) is 46.3 Å². The van der Waals surface area contributed by atoms with Crippen molar-refractivity contribution < 1.29 is 48.2 Å². The van der Waals surface area contributed by atoms with Crippen molar-refractivity contribution in [2.24, 2.45) is 0 Å². The Morgan fingerprint density at radius 2 is 1.28 bits per heavy atom. The Kier molecular flexibility index (Phi) is 33.2. The molecule has 0 aromatic carbocycles. The Labute approximate surface area is 148 Å². The van der Waals surface area contributed by atoms with E-state index in [1.165, 1.54) is 6.92 Å². The summed E-state index contributed by atoms with van der Waals surface area (Å²) in [6.45, 7) is 1.92. The lowest BCUT2D eigenvalue weighted by Crippen LogP contribution is -2.20. The molecular weight excluding hydrogens is 346 g/mol. The van der Waals surface area contributed by atoms with E-state index in [0.717, 1.165) is 6.42 Å². The van der Waals surface area contributed by atoms with Crippen molar-refractivity contribution in [1.29, 1.82) is 0 Å². The van der Waals surface area contributed by atoms with Crippen molar-refractivity contribution in [3.8, 4) is 0 Å². The van der Waals surface area contributed by atoms with Crippen LogP contribution in [0.25, 0.3) is 0 Å². The topological polar surface area (TPSA) is 118 Å². The van der Waals surface area contributed by atoms with Gasteiger partial charge in [-0.3, -0.25) is 4.39 Å². The Bertz CT molecular complexity index is 216. The third-order valence-corrected chi connectivity index (χ3v) is 2.13.